The average molecular weight is 525 g/mol. The summed E-state index contributed by atoms with van der Waals surface area (Å²) in [6.07, 6.45) is 2.46. The second-order valence-electron chi connectivity index (χ2n) is 6.04. The number of esters is 1. The van der Waals surface area contributed by atoms with E-state index in [4.69, 9.17) is 9.15 Å². The summed E-state index contributed by atoms with van der Waals surface area (Å²) in [5.41, 5.74) is 1.54. The molecule has 0 aliphatic carbocycles. The van der Waals surface area contributed by atoms with E-state index in [1.165, 1.54) is 12.0 Å². The maximum atomic E-state index is 11.5. The highest BCUT2D eigenvalue weighted by Gasteiger charge is 2.05. The van der Waals surface area contributed by atoms with E-state index in [2.05, 4.69) is 27.1 Å². The Morgan fingerprint density at radius 2 is 1.97 bits per heavy atom. The van der Waals surface area contributed by atoms with Crippen LogP contribution < -0.4 is 10.6 Å². The minimum Gasteiger partial charge on any atom is -0.469 e. The summed E-state index contributed by atoms with van der Waals surface area (Å²) in [6, 6.07) is 15.2. The molecule has 29 heavy (non-hydrogen) atoms. The Labute approximate surface area is 191 Å². The topological polar surface area (TPSA) is 75.9 Å². The Morgan fingerprint density at radius 1 is 1.14 bits per heavy atom. The number of halogens is 1. The summed E-state index contributed by atoms with van der Waals surface area (Å²) in [5.74, 6) is 1.33. The van der Waals surface area contributed by atoms with Crippen molar-refractivity contribution in [1.29, 1.82) is 0 Å². The van der Waals surface area contributed by atoms with Crippen molar-refractivity contribution in [3.05, 3.63) is 81.9 Å². The third-order valence-corrected chi connectivity index (χ3v) is 4.93. The Balaban J connectivity index is 0.00000300. The number of carbonyl (C=O) groups excluding carboxylic acids is 1. The SMILES string of the molecule is COC(=O)c1ccc(CN=C(NCCc2ccco2)NCc2cccs2)cc1.I. The van der Waals surface area contributed by atoms with Gasteiger partial charge in [0.2, 0.25) is 0 Å². The van der Waals surface area contributed by atoms with E-state index in [-0.39, 0.29) is 29.9 Å². The number of hydrogen-bond acceptors (Lipinski definition) is 5. The molecular formula is C21H24IN3O3S. The van der Waals surface area contributed by atoms with E-state index in [1.54, 1.807) is 29.7 Å². The number of rotatable bonds is 8. The molecule has 0 saturated heterocycles. The van der Waals surface area contributed by atoms with Crippen molar-refractivity contribution >= 4 is 47.2 Å². The second-order valence-corrected chi connectivity index (χ2v) is 7.07. The summed E-state index contributed by atoms with van der Waals surface area (Å²) < 4.78 is 10.1. The van der Waals surface area contributed by atoms with Crippen molar-refractivity contribution in [2.24, 2.45) is 4.99 Å². The van der Waals surface area contributed by atoms with Gasteiger partial charge in [-0.25, -0.2) is 9.79 Å². The van der Waals surface area contributed by atoms with Gasteiger partial charge in [-0.05, 0) is 41.3 Å². The predicted octanol–water partition coefficient (Wildman–Crippen LogP) is 4.22. The highest BCUT2D eigenvalue weighted by Crippen LogP contribution is 2.09. The van der Waals surface area contributed by atoms with Gasteiger partial charge in [0.15, 0.2) is 5.96 Å². The molecule has 0 fully saturated rings. The molecule has 0 unspecified atom stereocenters. The molecule has 0 aliphatic heterocycles. The van der Waals surface area contributed by atoms with Crippen LogP contribution in [0.5, 0.6) is 0 Å². The smallest absolute Gasteiger partial charge is 0.337 e. The minimum absolute atomic E-state index is 0. The molecule has 0 radical (unpaired) electrons. The monoisotopic (exact) mass is 525 g/mol. The normalized spacial score (nSPS) is 10.9. The third kappa shape index (κ3) is 7.54. The first-order chi connectivity index (χ1) is 13.7. The van der Waals surface area contributed by atoms with E-state index in [0.29, 0.717) is 25.2 Å². The van der Waals surface area contributed by atoms with Gasteiger partial charge in [-0.15, -0.1) is 35.3 Å². The van der Waals surface area contributed by atoms with Gasteiger partial charge in [0, 0.05) is 17.8 Å². The predicted molar refractivity (Wildman–Crippen MR) is 126 cm³/mol. The van der Waals surface area contributed by atoms with Crippen molar-refractivity contribution in [1.82, 2.24) is 10.6 Å². The molecule has 2 aromatic heterocycles. The van der Waals surface area contributed by atoms with Gasteiger partial charge < -0.3 is 19.8 Å². The summed E-state index contributed by atoms with van der Waals surface area (Å²) in [6.45, 7) is 1.93. The highest BCUT2D eigenvalue weighted by atomic mass is 127. The molecule has 2 N–H and O–H groups in total. The molecular weight excluding hydrogens is 501 g/mol. The fourth-order valence-electron chi connectivity index (χ4n) is 2.55. The van der Waals surface area contributed by atoms with E-state index in [0.717, 1.165) is 23.7 Å². The number of nitrogens with one attached hydrogen (secondary N) is 2. The quantitative estimate of drug-likeness (QED) is 0.199. The fraction of sp³-hybridized carbons (Fsp3) is 0.238. The Hall–Kier alpha value is -2.33. The number of guanidine groups is 1. The summed E-state index contributed by atoms with van der Waals surface area (Å²) in [7, 11) is 1.38. The molecule has 0 amide bonds. The first kappa shape index (κ1) is 23.0. The molecule has 2 heterocycles. The van der Waals surface area contributed by atoms with Crippen molar-refractivity contribution in [3.63, 3.8) is 0 Å². The number of nitrogens with zero attached hydrogens (tertiary/aromatic N) is 1. The Kier molecular flexibility index (Phi) is 9.72. The average Bonchev–Trinajstić information content (AvgIpc) is 3.43. The van der Waals surface area contributed by atoms with E-state index in [1.807, 2.05) is 30.3 Å². The van der Waals surface area contributed by atoms with Gasteiger partial charge in [0.05, 0.1) is 32.0 Å². The minimum atomic E-state index is -0.340. The lowest BCUT2D eigenvalue weighted by Crippen LogP contribution is -2.37. The summed E-state index contributed by atoms with van der Waals surface area (Å²) >= 11 is 1.70. The summed E-state index contributed by atoms with van der Waals surface area (Å²) in [4.78, 5) is 17.4. The molecule has 3 aromatic rings. The number of ether oxygens (including phenoxy) is 1. The number of methoxy groups -OCH3 is 1. The number of benzene rings is 1. The lowest BCUT2D eigenvalue weighted by molar-refractivity contribution is 0.0600. The molecule has 6 nitrogen and oxygen atoms in total. The van der Waals surface area contributed by atoms with Gasteiger partial charge in [0.1, 0.15) is 5.76 Å². The van der Waals surface area contributed by atoms with Crippen molar-refractivity contribution in [3.8, 4) is 0 Å². The standard InChI is InChI=1S/C21H23N3O3S.HI/c1-26-20(25)17-8-6-16(7-9-17)14-23-21(24-15-19-5-3-13-28-19)22-11-10-18-4-2-12-27-18;/h2-9,12-13H,10-11,14-15H2,1H3,(H2,22,23,24);1H. The van der Waals surface area contributed by atoms with Crippen LogP contribution in [-0.2, 0) is 24.2 Å². The first-order valence-electron chi connectivity index (χ1n) is 8.99. The van der Waals surface area contributed by atoms with Crippen LogP contribution in [0.2, 0.25) is 0 Å². The van der Waals surface area contributed by atoms with Crippen LogP contribution in [0.25, 0.3) is 0 Å². The number of furan rings is 1. The number of carbonyl (C=O) groups is 1. The Morgan fingerprint density at radius 3 is 2.62 bits per heavy atom. The van der Waals surface area contributed by atoms with Crippen LogP contribution in [0.4, 0.5) is 0 Å². The molecule has 1 aromatic carbocycles. The van der Waals surface area contributed by atoms with Crippen molar-refractivity contribution in [2.75, 3.05) is 13.7 Å². The van der Waals surface area contributed by atoms with Crippen LogP contribution in [0.1, 0.15) is 26.6 Å². The van der Waals surface area contributed by atoms with Crippen LogP contribution in [0.3, 0.4) is 0 Å². The molecule has 3 rings (SSSR count). The van der Waals surface area contributed by atoms with Crippen molar-refractivity contribution < 1.29 is 13.9 Å². The lowest BCUT2D eigenvalue weighted by Gasteiger charge is -2.12. The number of thiophene rings is 1. The van der Waals surface area contributed by atoms with Crippen LogP contribution in [0, 0.1) is 0 Å². The van der Waals surface area contributed by atoms with Crippen molar-refractivity contribution in [2.45, 2.75) is 19.5 Å². The summed E-state index contributed by atoms with van der Waals surface area (Å²) in [5, 5.41) is 8.75. The van der Waals surface area contributed by atoms with Crippen LogP contribution >= 0.6 is 35.3 Å². The van der Waals surface area contributed by atoms with Gasteiger partial charge in [-0.1, -0.05) is 18.2 Å². The number of hydrogen-bond donors (Lipinski definition) is 2. The molecule has 154 valence electrons. The number of aliphatic imine (C=N–C) groups is 1. The van der Waals surface area contributed by atoms with E-state index >= 15 is 0 Å². The van der Waals surface area contributed by atoms with Gasteiger partial charge in [-0.3, -0.25) is 0 Å². The van der Waals surface area contributed by atoms with Crippen LogP contribution in [-0.4, -0.2) is 25.6 Å². The molecule has 0 aliphatic rings. The molecule has 0 atom stereocenters. The second kappa shape index (κ2) is 12.3. The van der Waals surface area contributed by atoms with Gasteiger partial charge in [0.25, 0.3) is 0 Å². The van der Waals surface area contributed by atoms with E-state index in [9.17, 15) is 4.79 Å². The maximum absolute atomic E-state index is 11.5. The van der Waals surface area contributed by atoms with Gasteiger partial charge >= 0.3 is 5.97 Å². The third-order valence-electron chi connectivity index (χ3n) is 4.05. The first-order valence-corrected chi connectivity index (χ1v) is 9.87. The lowest BCUT2D eigenvalue weighted by atomic mass is 10.1. The Bertz CT molecular complexity index is 879. The maximum Gasteiger partial charge on any atom is 0.337 e. The molecule has 0 bridgehead atoms. The van der Waals surface area contributed by atoms with Crippen LogP contribution in [0.15, 0.2) is 69.6 Å². The zero-order valence-corrected chi connectivity index (χ0v) is 19.2. The molecule has 8 heteroatoms. The molecule has 0 saturated carbocycles. The molecule has 0 spiro atoms. The largest absolute Gasteiger partial charge is 0.469 e. The zero-order valence-electron chi connectivity index (χ0n) is 16.1. The highest BCUT2D eigenvalue weighted by molar-refractivity contribution is 14.0. The van der Waals surface area contributed by atoms with E-state index < -0.39 is 0 Å². The zero-order chi connectivity index (χ0) is 19.6. The fourth-order valence-corrected chi connectivity index (χ4v) is 3.20. The van der Waals surface area contributed by atoms with Gasteiger partial charge in [-0.2, -0.15) is 0 Å².